The van der Waals surface area contributed by atoms with Gasteiger partial charge in [-0.15, -0.1) is 11.3 Å². The maximum atomic E-state index is 12.6. The summed E-state index contributed by atoms with van der Waals surface area (Å²) in [7, 11) is 0. The number of carboxylic acids is 1. The Kier molecular flexibility index (Phi) is 5.48. The predicted octanol–water partition coefficient (Wildman–Crippen LogP) is 2.87. The third kappa shape index (κ3) is 3.90. The Hall–Kier alpha value is -2.21. The van der Waals surface area contributed by atoms with Crippen LogP contribution in [0.4, 0.5) is 5.13 Å². The van der Waals surface area contributed by atoms with E-state index < -0.39 is 17.8 Å². The summed E-state index contributed by atoms with van der Waals surface area (Å²) in [5.41, 5.74) is 1.89. The van der Waals surface area contributed by atoms with E-state index in [1.54, 1.807) is 0 Å². The highest BCUT2D eigenvalue weighted by atomic mass is 32.1. The van der Waals surface area contributed by atoms with Gasteiger partial charge in [-0.05, 0) is 19.3 Å². The minimum atomic E-state index is -1.13. The van der Waals surface area contributed by atoms with Crippen molar-refractivity contribution in [1.82, 2.24) is 4.98 Å². The Morgan fingerprint density at radius 1 is 1.20 bits per heavy atom. The number of nitrogens with one attached hydrogen (secondary N) is 1. The van der Waals surface area contributed by atoms with Gasteiger partial charge in [-0.1, -0.05) is 50.1 Å². The molecule has 6 heteroatoms. The Morgan fingerprint density at radius 2 is 1.88 bits per heavy atom. The molecular formula is C19H21N2O3S-. The summed E-state index contributed by atoms with van der Waals surface area (Å²) >= 11 is 1.45. The average molecular weight is 357 g/mol. The van der Waals surface area contributed by atoms with Crippen LogP contribution in [0.25, 0.3) is 11.3 Å². The first kappa shape index (κ1) is 17.6. The first-order valence-electron chi connectivity index (χ1n) is 8.67. The number of aliphatic carboxylic acids is 1. The van der Waals surface area contributed by atoms with Gasteiger partial charge < -0.3 is 15.2 Å². The number of carbonyl (C=O) groups excluding carboxylic acids is 2. The molecule has 0 bridgehead atoms. The molecule has 5 nitrogen and oxygen atoms in total. The predicted molar refractivity (Wildman–Crippen MR) is 96.0 cm³/mol. The van der Waals surface area contributed by atoms with Gasteiger partial charge in [0.1, 0.15) is 0 Å². The second-order valence-electron chi connectivity index (χ2n) is 6.32. The van der Waals surface area contributed by atoms with Crippen molar-refractivity contribution in [2.75, 3.05) is 5.32 Å². The largest absolute Gasteiger partial charge is 0.550 e. The minimum absolute atomic E-state index is 0.259. The fourth-order valence-corrected chi connectivity index (χ4v) is 4.32. The molecule has 1 aromatic carbocycles. The number of rotatable bonds is 5. The summed E-state index contributed by atoms with van der Waals surface area (Å²) in [6, 6.07) is 9.85. The molecule has 1 N–H and O–H groups in total. The second-order valence-corrected chi connectivity index (χ2v) is 7.40. The molecule has 25 heavy (non-hydrogen) atoms. The summed E-state index contributed by atoms with van der Waals surface area (Å²) in [5.74, 6) is -2.62. The van der Waals surface area contributed by atoms with Crippen LogP contribution in [0.3, 0.4) is 0 Å². The maximum absolute atomic E-state index is 12.6. The van der Waals surface area contributed by atoms with E-state index in [0.29, 0.717) is 18.0 Å². The highest BCUT2D eigenvalue weighted by molar-refractivity contribution is 7.16. The Balaban J connectivity index is 1.80. The molecule has 2 aromatic rings. The van der Waals surface area contributed by atoms with E-state index in [4.69, 9.17) is 0 Å². The number of nitrogens with zero attached hydrogens (tertiary/aromatic N) is 1. The van der Waals surface area contributed by atoms with Crippen molar-refractivity contribution >= 4 is 28.3 Å². The molecule has 0 aliphatic heterocycles. The SMILES string of the molecule is CCc1sc(NC(=O)[C@@H]2CCCC[C@H]2C(=O)[O-])nc1-c1ccccc1. The first-order valence-corrected chi connectivity index (χ1v) is 9.48. The van der Waals surface area contributed by atoms with E-state index in [1.165, 1.54) is 11.3 Å². The first-order chi connectivity index (χ1) is 12.1. The van der Waals surface area contributed by atoms with E-state index in [0.717, 1.165) is 35.4 Å². The standard InChI is InChI=1S/C19H22N2O3S/c1-2-15-16(12-8-4-3-5-9-12)20-19(25-15)21-17(22)13-10-6-7-11-14(13)18(23)24/h3-5,8-9,13-14H,2,6-7,10-11H2,1H3,(H,23,24)(H,20,21,22)/p-1/t13-,14-/m1/s1. The Morgan fingerprint density at radius 3 is 2.52 bits per heavy atom. The van der Waals surface area contributed by atoms with Gasteiger partial charge in [-0.25, -0.2) is 4.98 Å². The van der Waals surface area contributed by atoms with Gasteiger partial charge in [0.15, 0.2) is 5.13 Å². The quantitative estimate of drug-likeness (QED) is 0.892. The van der Waals surface area contributed by atoms with Crippen molar-refractivity contribution < 1.29 is 14.7 Å². The molecule has 1 amide bonds. The highest BCUT2D eigenvalue weighted by Crippen LogP contribution is 2.34. The van der Waals surface area contributed by atoms with Crippen LogP contribution in [0.1, 0.15) is 37.5 Å². The average Bonchev–Trinajstić information content (AvgIpc) is 3.05. The van der Waals surface area contributed by atoms with Crippen LogP contribution < -0.4 is 10.4 Å². The Bertz CT molecular complexity index is 757. The molecule has 3 rings (SSSR count). The number of hydrogen-bond acceptors (Lipinski definition) is 5. The molecule has 1 heterocycles. The second kappa shape index (κ2) is 7.78. The van der Waals surface area contributed by atoms with Crippen LogP contribution in [-0.4, -0.2) is 16.9 Å². The number of hydrogen-bond donors (Lipinski definition) is 1. The molecular weight excluding hydrogens is 336 g/mol. The van der Waals surface area contributed by atoms with Gasteiger partial charge in [0.2, 0.25) is 5.91 Å². The summed E-state index contributed by atoms with van der Waals surface area (Å²) in [4.78, 5) is 29.6. The smallest absolute Gasteiger partial charge is 0.229 e. The van der Waals surface area contributed by atoms with Crippen LogP contribution in [-0.2, 0) is 16.0 Å². The summed E-state index contributed by atoms with van der Waals surface area (Å²) in [6.45, 7) is 2.05. The van der Waals surface area contributed by atoms with Crippen molar-refractivity contribution in [3.05, 3.63) is 35.2 Å². The molecule has 2 atom stereocenters. The van der Waals surface area contributed by atoms with E-state index in [1.807, 2.05) is 30.3 Å². The molecule has 1 aliphatic rings. The lowest BCUT2D eigenvalue weighted by molar-refractivity contribution is -0.313. The van der Waals surface area contributed by atoms with E-state index in [-0.39, 0.29) is 5.91 Å². The zero-order chi connectivity index (χ0) is 17.8. The molecule has 1 saturated carbocycles. The number of benzene rings is 1. The van der Waals surface area contributed by atoms with Gasteiger partial charge >= 0.3 is 0 Å². The van der Waals surface area contributed by atoms with Crippen molar-refractivity contribution in [3.8, 4) is 11.3 Å². The zero-order valence-corrected chi connectivity index (χ0v) is 15.0. The lowest BCUT2D eigenvalue weighted by Gasteiger charge is -2.30. The van der Waals surface area contributed by atoms with Crippen LogP contribution in [0, 0.1) is 11.8 Å². The highest BCUT2D eigenvalue weighted by Gasteiger charge is 2.32. The molecule has 0 saturated heterocycles. The number of carbonyl (C=O) groups is 2. The number of anilines is 1. The van der Waals surface area contributed by atoms with Gasteiger partial charge in [0.05, 0.1) is 5.69 Å². The Labute approximate surface area is 151 Å². The molecule has 132 valence electrons. The number of carboxylic acid groups (broad SMARTS) is 1. The lowest BCUT2D eigenvalue weighted by Crippen LogP contribution is -2.42. The minimum Gasteiger partial charge on any atom is -0.550 e. The van der Waals surface area contributed by atoms with Gasteiger partial charge in [0, 0.05) is 28.2 Å². The maximum Gasteiger partial charge on any atom is 0.229 e. The van der Waals surface area contributed by atoms with Crippen molar-refractivity contribution in [1.29, 1.82) is 0 Å². The van der Waals surface area contributed by atoms with E-state index in [9.17, 15) is 14.7 Å². The van der Waals surface area contributed by atoms with Crippen LogP contribution in [0.15, 0.2) is 30.3 Å². The van der Waals surface area contributed by atoms with Crippen molar-refractivity contribution in [2.45, 2.75) is 39.0 Å². The molecule has 0 spiro atoms. The van der Waals surface area contributed by atoms with Crippen molar-refractivity contribution in [3.63, 3.8) is 0 Å². The third-order valence-corrected chi connectivity index (χ3v) is 5.82. The molecule has 1 fully saturated rings. The topological polar surface area (TPSA) is 82.1 Å². The number of aromatic nitrogens is 1. The van der Waals surface area contributed by atoms with Crippen LogP contribution >= 0.6 is 11.3 Å². The number of amides is 1. The number of thiazole rings is 1. The monoisotopic (exact) mass is 357 g/mol. The van der Waals surface area contributed by atoms with E-state index in [2.05, 4.69) is 17.2 Å². The lowest BCUT2D eigenvalue weighted by atomic mass is 9.79. The van der Waals surface area contributed by atoms with E-state index >= 15 is 0 Å². The summed E-state index contributed by atoms with van der Waals surface area (Å²) in [6.07, 6.45) is 3.62. The van der Waals surface area contributed by atoms with Gasteiger partial charge in [-0.2, -0.15) is 0 Å². The van der Waals surface area contributed by atoms with Gasteiger partial charge in [-0.3, -0.25) is 4.79 Å². The van der Waals surface area contributed by atoms with Gasteiger partial charge in [0.25, 0.3) is 0 Å². The normalized spacial score (nSPS) is 20.2. The molecule has 1 aliphatic carbocycles. The molecule has 1 aromatic heterocycles. The summed E-state index contributed by atoms with van der Waals surface area (Å²) in [5, 5.41) is 14.7. The molecule has 0 unspecified atom stereocenters. The van der Waals surface area contributed by atoms with Crippen LogP contribution in [0.5, 0.6) is 0 Å². The fraction of sp³-hybridized carbons (Fsp3) is 0.421. The summed E-state index contributed by atoms with van der Waals surface area (Å²) < 4.78 is 0. The third-order valence-electron chi connectivity index (χ3n) is 4.70. The van der Waals surface area contributed by atoms with Crippen molar-refractivity contribution in [2.24, 2.45) is 11.8 Å². The zero-order valence-electron chi connectivity index (χ0n) is 14.2. The van der Waals surface area contributed by atoms with Crippen LogP contribution in [0.2, 0.25) is 0 Å². The number of aryl methyl sites for hydroxylation is 1. The fourth-order valence-electron chi connectivity index (χ4n) is 3.39. The molecule has 0 radical (unpaired) electrons.